The molecule has 0 spiro atoms. The fraction of sp³-hybridized carbons (Fsp3) is 0.200. The highest BCUT2D eigenvalue weighted by atomic mass is 16.5. The zero-order valence-electron chi connectivity index (χ0n) is 4.83. The van der Waals surface area contributed by atoms with Crippen LogP contribution in [0.15, 0.2) is 11.8 Å². The highest BCUT2D eigenvalue weighted by Gasteiger charge is 1.97. The molecule has 0 heterocycles. The van der Waals surface area contributed by atoms with E-state index >= 15 is 0 Å². The highest BCUT2D eigenvalue weighted by molar-refractivity contribution is 5.85. The minimum absolute atomic E-state index is 0.0119. The lowest BCUT2D eigenvalue weighted by atomic mass is 10.4. The van der Waals surface area contributed by atoms with Gasteiger partial charge in [-0.3, -0.25) is 4.79 Å². The molecule has 0 atom stereocenters. The molecule has 0 unspecified atom stereocenters. The van der Waals surface area contributed by atoms with Gasteiger partial charge in [0.15, 0.2) is 0 Å². The molecule has 0 radical (unpaired) electrons. The number of aliphatic carboxylic acids is 1. The van der Waals surface area contributed by atoms with E-state index in [0.29, 0.717) is 0 Å². The Labute approximate surface area is 51.7 Å². The van der Waals surface area contributed by atoms with Crippen molar-refractivity contribution in [2.24, 2.45) is 0 Å². The van der Waals surface area contributed by atoms with Gasteiger partial charge in [-0.2, -0.15) is 0 Å². The molecule has 1 N–H and O–H groups in total. The van der Waals surface area contributed by atoms with Crippen LogP contribution in [0.3, 0.4) is 0 Å². The molecule has 0 fully saturated rings. The van der Waals surface area contributed by atoms with Gasteiger partial charge in [-0.15, -0.1) is 0 Å². The molecule has 0 aliphatic rings. The molecule has 4 heteroatoms. The molecule has 0 aromatic carbocycles. The number of hydrogen-bond acceptors (Lipinski definition) is 3. The second kappa shape index (κ2) is 3.65. The Hall–Kier alpha value is -1.32. The van der Waals surface area contributed by atoms with Crippen LogP contribution in [0.5, 0.6) is 0 Å². The third kappa shape index (κ3) is 3.28. The first-order chi connectivity index (χ1) is 4.18. The third-order valence-corrected chi connectivity index (χ3v) is 0.638. The van der Waals surface area contributed by atoms with Gasteiger partial charge in [-0.25, -0.2) is 4.79 Å². The maximum atomic E-state index is 9.94. The van der Waals surface area contributed by atoms with Crippen LogP contribution in [0, 0.1) is 0 Å². The van der Waals surface area contributed by atoms with Crippen LogP contribution in [0.4, 0.5) is 0 Å². The first-order valence-corrected chi connectivity index (χ1v) is 2.17. The summed E-state index contributed by atoms with van der Waals surface area (Å²) in [5.74, 6) is -1.10. The molecular formula is C5H6O4. The van der Waals surface area contributed by atoms with E-state index in [-0.39, 0.29) is 12.0 Å². The van der Waals surface area contributed by atoms with Crippen molar-refractivity contribution < 1.29 is 19.4 Å². The summed E-state index contributed by atoms with van der Waals surface area (Å²) in [5.41, 5.74) is -0.0119. The summed E-state index contributed by atoms with van der Waals surface area (Å²) >= 11 is 0. The lowest BCUT2D eigenvalue weighted by Crippen LogP contribution is -1.96. The van der Waals surface area contributed by atoms with E-state index in [2.05, 4.69) is 4.74 Å². The summed E-state index contributed by atoms with van der Waals surface area (Å²) in [6.07, 6.45) is 0.870. The summed E-state index contributed by atoms with van der Waals surface area (Å²) < 4.78 is 4.03. The molecule has 0 aliphatic heterocycles. The first-order valence-electron chi connectivity index (χ1n) is 2.17. The fourth-order valence-electron chi connectivity index (χ4n) is 0.180. The van der Waals surface area contributed by atoms with Crippen LogP contribution in [0.1, 0.15) is 6.92 Å². The Morgan fingerprint density at radius 2 is 2.22 bits per heavy atom. The minimum Gasteiger partial charge on any atom is -0.478 e. The second-order valence-electron chi connectivity index (χ2n) is 1.34. The van der Waals surface area contributed by atoms with Crippen LogP contribution in [-0.4, -0.2) is 17.5 Å². The van der Waals surface area contributed by atoms with E-state index in [1.165, 1.54) is 6.92 Å². The summed E-state index contributed by atoms with van der Waals surface area (Å²) in [5, 5.41) is 8.14. The van der Waals surface area contributed by atoms with E-state index in [0.717, 1.165) is 6.26 Å². The molecule has 0 rings (SSSR count). The Morgan fingerprint density at radius 3 is 2.56 bits per heavy atom. The lowest BCUT2D eigenvalue weighted by Gasteiger charge is -1.88. The van der Waals surface area contributed by atoms with Crippen molar-refractivity contribution >= 4 is 12.4 Å². The highest BCUT2D eigenvalue weighted by Crippen LogP contribution is 1.89. The van der Waals surface area contributed by atoms with Gasteiger partial charge in [0.05, 0.1) is 5.57 Å². The molecule has 0 saturated heterocycles. The molecule has 0 amide bonds. The summed E-state index contributed by atoms with van der Waals surface area (Å²) in [4.78, 5) is 19.4. The number of ether oxygens (including phenoxy) is 1. The maximum Gasteiger partial charge on any atom is 0.334 e. The molecule has 4 nitrogen and oxygen atoms in total. The Balaban J connectivity index is 3.83. The van der Waals surface area contributed by atoms with Crippen molar-refractivity contribution in [2.75, 3.05) is 0 Å². The quantitative estimate of drug-likeness (QED) is 0.335. The van der Waals surface area contributed by atoms with Crippen LogP contribution in [-0.2, 0) is 14.3 Å². The average Bonchev–Trinajstić information content (AvgIpc) is 1.82. The van der Waals surface area contributed by atoms with Crippen molar-refractivity contribution in [1.29, 1.82) is 0 Å². The van der Waals surface area contributed by atoms with Gasteiger partial charge >= 0.3 is 5.97 Å². The third-order valence-electron chi connectivity index (χ3n) is 0.638. The van der Waals surface area contributed by atoms with E-state index in [1.54, 1.807) is 0 Å². The smallest absolute Gasteiger partial charge is 0.334 e. The van der Waals surface area contributed by atoms with Crippen LogP contribution in [0.2, 0.25) is 0 Å². The number of hydrogen-bond donors (Lipinski definition) is 1. The van der Waals surface area contributed by atoms with Crippen molar-refractivity contribution in [3.05, 3.63) is 11.8 Å². The molecule has 0 saturated carbocycles. The second-order valence-corrected chi connectivity index (χ2v) is 1.34. The SMILES string of the molecule is C/C(=C\OC=O)C(=O)O. The predicted octanol–water partition coefficient (Wildman–Crippen LogP) is 0.148. The molecule has 0 aromatic heterocycles. The van der Waals surface area contributed by atoms with E-state index in [4.69, 9.17) is 5.11 Å². The summed E-state index contributed by atoms with van der Waals surface area (Å²) in [7, 11) is 0. The molecule has 9 heavy (non-hydrogen) atoms. The molecule has 50 valence electrons. The minimum atomic E-state index is -1.10. The van der Waals surface area contributed by atoms with Crippen LogP contribution >= 0.6 is 0 Å². The lowest BCUT2D eigenvalue weighted by molar-refractivity contribution is -0.132. The van der Waals surface area contributed by atoms with Crippen molar-refractivity contribution in [3.8, 4) is 0 Å². The number of carbonyl (C=O) groups is 2. The number of carboxylic acids is 1. The van der Waals surface area contributed by atoms with Gasteiger partial charge in [0.2, 0.25) is 0 Å². The Bertz CT molecular complexity index is 147. The predicted molar refractivity (Wildman–Crippen MR) is 28.5 cm³/mol. The van der Waals surface area contributed by atoms with E-state index in [9.17, 15) is 9.59 Å². The molecule has 0 bridgehead atoms. The maximum absolute atomic E-state index is 9.94. The van der Waals surface area contributed by atoms with Gasteiger partial charge < -0.3 is 9.84 Å². The number of carbonyl (C=O) groups excluding carboxylic acids is 1. The van der Waals surface area contributed by atoms with Crippen LogP contribution < -0.4 is 0 Å². The molecular weight excluding hydrogens is 124 g/mol. The zero-order valence-corrected chi connectivity index (χ0v) is 4.83. The zero-order chi connectivity index (χ0) is 7.28. The molecule has 0 aromatic rings. The normalized spacial score (nSPS) is 10.6. The van der Waals surface area contributed by atoms with Crippen LogP contribution in [0.25, 0.3) is 0 Å². The number of rotatable bonds is 3. The Kier molecular flexibility index (Phi) is 3.12. The largest absolute Gasteiger partial charge is 0.478 e. The van der Waals surface area contributed by atoms with Crippen molar-refractivity contribution in [1.82, 2.24) is 0 Å². The fourth-order valence-corrected chi connectivity index (χ4v) is 0.180. The van der Waals surface area contributed by atoms with Gasteiger partial charge in [-0.1, -0.05) is 0 Å². The summed E-state index contributed by atoms with van der Waals surface area (Å²) in [6.45, 7) is 1.48. The van der Waals surface area contributed by atoms with Gasteiger partial charge in [0.1, 0.15) is 6.26 Å². The summed E-state index contributed by atoms with van der Waals surface area (Å²) in [6, 6.07) is 0. The number of carboxylic acid groups (broad SMARTS) is 1. The van der Waals surface area contributed by atoms with E-state index in [1.807, 2.05) is 0 Å². The average molecular weight is 130 g/mol. The standard InChI is InChI=1S/C5H6O4/c1-4(5(7)8)2-9-3-6/h2-3H,1H3,(H,7,8)/b4-2+. The monoisotopic (exact) mass is 130 g/mol. The van der Waals surface area contributed by atoms with Crippen molar-refractivity contribution in [2.45, 2.75) is 6.92 Å². The Morgan fingerprint density at radius 1 is 1.67 bits per heavy atom. The van der Waals surface area contributed by atoms with E-state index < -0.39 is 5.97 Å². The van der Waals surface area contributed by atoms with Gasteiger partial charge in [0, 0.05) is 0 Å². The molecule has 0 aliphatic carbocycles. The first kappa shape index (κ1) is 7.68. The van der Waals surface area contributed by atoms with Gasteiger partial charge in [0.25, 0.3) is 6.47 Å². The van der Waals surface area contributed by atoms with Gasteiger partial charge in [-0.05, 0) is 6.92 Å². The van der Waals surface area contributed by atoms with Crippen molar-refractivity contribution in [3.63, 3.8) is 0 Å². The topological polar surface area (TPSA) is 63.6 Å².